The average Bonchev–Trinajstić information content (AvgIpc) is 2.45. The van der Waals surface area contributed by atoms with E-state index in [1.807, 2.05) is 6.92 Å². The summed E-state index contributed by atoms with van der Waals surface area (Å²) in [7, 11) is 0. The van der Waals surface area contributed by atoms with E-state index >= 15 is 0 Å². The average molecular weight is 107 g/mol. The van der Waals surface area contributed by atoms with Gasteiger partial charge in [-0.1, -0.05) is 6.92 Å². The van der Waals surface area contributed by atoms with Crippen molar-refractivity contribution in [3.8, 4) is 11.8 Å². The Bertz CT molecular complexity index is 121. The SMILES string of the molecule is CC#CC(C)C1[CH]C1. The molecule has 0 aromatic heterocycles. The molecule has 0 aromatic rings. The molecule has 0 aliphatic heterocycles. The van der Waals surface area contributed by atoms with Crippen LogP contribution in [0.5, 0.6) is 0 Å². The zero-order valence-electron chi connectivity index (χ0n) is 5.44. The summed E-state index contributed by atoms with van der Waals surface area (Å²) in [6, 6.07) is 0. The van der Waals surface area contributed by atoms with Gasteiger partial charge in [-0.05, 0) is 25.7 Å². The van der Waals surface area contributed by atoms with Gasteiger partial charge in [0, 0.05) is 5.92 Å². The molecular formula is C8H11. The Morgan fingerprint density at radius 1 is 1.75 bits per heavy atom. The lowest BCUT2D eigenvalue weighted by molar-refractivity contribution is 0.670. The van der Waals surface area contributed by atoms with Crippen molar-refractivity contribution in [3.63, 3.8) is 0 Å². The smallest absolute Gasteiger partial charge is 0.0205 e. The van der Waals surface area contributed by atoms with Crippen molar-refractivity contribution >= 4 is 0 Å². The number of hydrogen-bond donors (Lipinski definition) is 0. The minimum absolute atomic E-state index is 0.611. The Morgan fingerprint density at radius 2 is 2.38 bits per heavy atom. The Hall–Kier alpha value is -0.440. The van der Waals surface area contributed by atoms with Crippen LogP contribution >= 0.6 is 0 Å². The monoisotopic (exact) mass is 107 g/mol. The van der Waals surface area contributed by atoms with E-state index in [0.717, 1.165) is 5.92 Å². The molecule has 0 bridgehead atoms. The molecule has 0 nitrogen and oxygen atoms in total. The molecule has 1 aliphatic carbocycles. The molecular weight excluding hydrogens is 96.1 g/mol. The summed E-state index contributed by atoms with van der Waals surface area (Å²) in [6.45, 7) is 4.09. The third-order valence-electron chi connectivity index (χ3n) is 1.52. The van der Waals surface area contributed by atoms with Crippen LogP contribution in [0.25, 0.3) is 0 Å². The van der Waals surface area contributed by atoms with Crippen molar-refractivity contribution in [1.82, 2.24) is 0 Å². The summed E-state index contributed by atoms with van der Waals surface area (Å²) < 4.78 is 0. The highest BCUT2D eigenvalue weighted by atomic mass is 14.3. The number of rotatable bonds is 1. The quantitative estimate of drug-likeness (QED) is 0.449. The molecule has 1 saturated carbocycles. The topological polar surface area (TPSA) is 0 Å². The third kappa shape index (κ3) is 1.26. The van der Waals surface area contributed by atoms with Gasteiger partial charge in [0.05, 0.1) is 0 Å². The van der Waals surface area contributed by atoms with Gasteiger partial charge in [-0.2, -0.15) is 0 Å². The van der Waals surface area contributed by atoms with E-state index in [2.05, 4.69) is 25.2 Å². The third-order valence-corrected chi connectivity index (χ3v) is 1.52. The van der Waals surface area contributed by atoms with Crippen LogP contribution in [-0.4, -0.2) is 0 Å². The van der Waals surface area contributed by atoms with Crippen molar-refractivity contribution < 1.29 is 0 Å². The molecule has 0 N–H and O–H groups in total. The first-order valence-electron chi connectivity index (χ1n) is 3.10. The highest BCUT2D eigenvalue weighted by Gasteiger charge is 2.26. The molecule has 1 rings (SSSR count). The first-order valence-corrected chi connectivity index (χ1v) is 3.10. The van der Waals surface area contributed by atoms with Crippen LogP contribution in [0.4, 0.5) is 0 Å². The van der Waals surface area contributed by atoms with Gasteiger partial charge in [-0.15, -0.1) is 11.8 Å². The van der Waals surface area contributed by atoms with Crippen molar-refractivity contribution in [2.75, 3.05) is 0 Å². The van der Waals surface area contributed by atoms with Crippen molar-refractivity contribution in [2.45, 2.75) is 20.3 Å². The second-order valence-electron chi connectivity index (χ2n) is 2.32. The minimum atomic E-state index is 0.611. The van der Waals surface area contributed by atoms with E-state index in [4.69, 9.17) is 0 Å². The molecule has 43 valence electrons. The molecule has 1 fully saturated rings. The Balaban J connectivity index is 2.29. The van der Waals surface area contributed by atoms with E-state index in [-0.39, 0.29) is 0 Å². The van der Waals surface area contributed by atoms with Gasteiger partial charge in [-0.25, -0.2) is 0 Å². The standard InChI is InChI=1S/C8H11/c1-3-4-7(2)8-5-6-8/h5,7-8H,6H2,1-2H3. The molecule has 0 spiro atoms. The molecule has 2 unspecified atom stereocenters. The fraction of sp³-hybridized carbons (Fsp3) is 0.625. The molecule has 8 heavy (non-hydrogen) atoms. The number of hydrogen-bond acceptors (Lipinski definition) is 0. The summed E-state index contributed by atoms with van der Waals surface area (Å²) in [5.41, 5.74) is 0. The molecule has 2 atom stereocenters. The van der Waals surface area contributed by atoms with Gasteiger partial charge in [-0.3, -0.25) is 0 Å². The van der Waals surface area contributed by atoms with E-state index in [9.17, 15) is 0 Å². The first-order chi connectivity index (χ1) is 3.84. The van der Waals surface area contributed by atoms with E-state index < -0.39 is 0 Å². The summed E-state index contributed by atoms with van der Waals surface area (Å²) in [5, 5.41) is 0. The molecule has 1 radical (unpaired) electrons. The fourth-order valence-electron chi connectivity index (χ4n) is 0.822. The van der Waals surface area contributed by atoms with Crippen molar-refractivity contribution in [1.29, 1.82) is 0 Å². The van der Waals surface area contributed by atoms with E-state index in [0.29, 0.717) is 5.92 Å². The van der Waals surface area contributed by atoms with Crippen LogP contribution in [-0.2, 0) is 0 Å². The molecule has 0 saturated heterocycles. The van der Waals surface area contributed by atoms with E-state index in [1.165, 1.54) is 6.42 Å². The zero-order chi connectivity index (χ0) is 5.98. The Kier molecular flexibility index (Phi) is 1.58. The highest BCUT2D eigenvalue weighted by Crippen LogP contribution is 2.34. The van der Waals surface area contributed by atoms with Crippen LogP contribution < -0.4 is 0 Å². The summed E-state index contributed by atoms with van der Waals surface area (Å²) in [4.78, 5) is 0. The van der Waals surface area contributed by atoms with Crippen LogP contribution in [0.1, 0.15) is 20.3 Å². The van der Waals surface area contributed by atoms with Gasteiger partial charge in [0.1, 0.15) is 0 Å². The maximum absolute atomic E-state index is 3.13. The predicted octanol–water partition coefficient (Wildman–Crippen LogP) is 1.87. The summed E-state index contributed by atoms with van der Waals surface area (Å²) >= 11 is 0. The molecule has 0 heteroatoms. The maximum atomic E-state index is 3.13. The Morgan fingerprint density at radius 3 is 2.75 bits per heavy atom. The lowest BCUT2D eigenvalue weighted by atomic mass is 10.1. The highest BCUT2D eigenvalue weighted by molar-refractivity contribution is 5.10. The second kappa shape index (κ2) is 2.22. The Labute approximate surface area is 51.3 Å². The molecule has 0 amide bonds. The minimum Gasteiger partial charge on any atom is -0.106 e. The normalized spacial score (nSPS) is 21.2. The van der Waals surface area contributed by atoms with Crippen molar-refractivity contribution in [2.24, 2.45) is 11.8 Å². The lowest BCUT2D eigenvalue weighted by Crippen LogP contribution is -1.90. The predicted molar refractivity (Wildman–Crippen MR) is 35.0 cm³/mol. The lowest BCUT2D eigenvalue weighted by Gasteiger charge is -1.94. The van der Waals surface area contributed by atoms with Crippen LogP contribution in [0.3, 0.4) is 0 Å². The van der Waals surface area contributed by atoms with Gasteiger partial charge in [0.2, 0.25) is 0 Å². The zero-order valence-corrected chi connectivity index (χ0v) is 5.44. The van der Waals surface area contributed by atoms with Gasteiger partial charge in [0.25, 0.3) is 0 Å². The van der Waals surface area contributed by atoms with Crippen LogP contribution in [0.15, 0.2) is 0 Å². The van der Waals surface area contributed by atoms with Crippen LogP contribution in [0.2, 0.25) is 0 Å². The molecule has 0 heterocycles. The van der Waals surface area contributed by atoms with Gasteiger partial charge in [0.15, 0.2) is 0 Å². The van der Waals surface area contributed by atoms with E-state index in [1.54, 1.807) is 0 Å². The first kappa shape index (κ1) is 5.69. The second-order valence-corrected chi connectivity index (χ2v) is 2.32. The van der Waals surface area contributed by atoms with Gasteiger partial charge >= 0.3 is 0 Å². The largest absolute Gasteiger partial charge is 0.106 e. The molecule has 0 aromatic carbocycles. The fourth-order valence-corrected chi connectivity index (χ4v) is 0.822. The maximum Gasteiger partial charge on any atom is 0.0205 e. The summed E-state index contributed by atoms with van der Waals surface area (Å²) in [5.74, 6) is 7.48. The summed E-state index contributed by atoms with van der Waals surface area (Å²) in [6.07, 6.45) is 3.60. The van der Waals surface area contributed by atoms with Crippen molar-refractivity contribution in [3.05, 3.63) is 6.42 Å². The molecule has 1 aliphatic rings. The van der Waals surface area contributed by atoms with Gasteiger partial charge < -0.3 is 0 Å². The van der Waals surface area contributed by atoms with Crippen LogP contribution in [0, 0.1) is 30.1 Å².